The van der Waals surface area contributed by atoms with Crippen LogP contribution in [0.5, 0.6) is 0 Å². The fourth-order valence-electron chi connectivity index (χ4n) is 4.22. The molecular weight excluding hydrogens is 291 g/mol. The molecule has 6 atom stereocenters. The van der Waals surface area contributed by atoms with Crippen LogP contribution < -0.4 is 16.0 Å². The topological polar surface area (TPSA) is 36.1 Å². The van der Waals surface area contributed by atoms with E-state index < -0.39 is 18.5 Å². The summed E-state index contributed by atoms with van der Waals surface area (Å²) >= 11 is 0. The van der Waals surface area contributed by atoms with E-state index in [1.807, 2.05) is 0 Å². The third-order valence-electron chi connectivity index (χ3n) is 5.62. The average Bonchev–Trinajstić information content (AvgIpc) is 2.51. The minimum atomic E-state index is -1.42. The lowest BCUT2D eigenvalue weighted by molar-refractivity contribution is 0.0337. The Hall–Kier alpha value is -0.330. The summed E-state index contributed by atoms with van der Waals surface area (Å²) in [5, 5.41) is 10.2. The summed E-state index contributed by atoms with van der Waals surface area (Å²) in [6, 6.07) is -0.315. The monoisotopic (exact) mass is 319 g/mol. The molecule has 22 heavy (non-hydrogen) atoms. The van der Waals surface area contributed by atoms with E-state index in [-0.39, 0.29) is 36.9 Å². The highest BCUT2D eigenvalue weighted by molar-refractivity contribution is 4.96. The van der Waals surface area contributed by atoms with Gasteiger partial charge in [0.1, 0.15) is 18.5 Å². The minimum Gasteiger partial charge on any atom is -0.311 e. The number of alkyl halides is 3. The number of nitrogens with one attached hydrogen (secondary N) is 3. The Kier molecular flexibility index (Phi) is 5.30. The fourth-order valence-corrected chi connectivity index (χ4v) is 4.22. The van der Waals surface area contributed by atoms with Gasteiger partial charge in [0, 0.05) is 31.6 Å². The predicted molar refractivity (Wildman–Crippen MR) is 80.9 cm³/mol. The average molecular weight is 319 g/mol. The SMILES string of the molecule is CC1CNC(C2CNC(C3CCC(F)C(F)C3)C(F)C2)NC1. The van der Waals surface area contributed by atoms with Gasteiger partial charge in [-0.25, -0.2) is 13.2 Å². The van der Waals surface area contributed by atoms with Gasteiger partial charge in [0.15, 0.2) is 0 Å². The lowest BCUT2D eigenvalue weighted by atomic mass is 9.76. The summed E-state index contributed by atoms with van der Waals surface area (Å²) in [6.45, 7) is 4.83. The van der Waals surface area contributed by atoms with Gasteiger partial charge in [-0.05, 0) is 37.5 Å². The second kappa shape index (κ2) is 7.05. The van der Waals surface area contributed by atoms with Gasteiger partial charge >= 0.3 is 0 Å². The molecule has 0 aromatic carbocycles. The van der Waals surface area contributed by atoms with E-state index in [9.17, 15) is 13.2 Å². The van der Waals surface area contributed by atoms with Gasteiger partial charge in [-0.1, -0.05) is 6.92 Å². The molecule has 128 valence electrons. The van der Waals surface area contributed by atoms with Gasteiger partial charge in [-0.15, -0.1) is 0 Å². The number of rotatable bonds is 2. The zero-order valence-corrected chi connectivity index (χ0v) is 13.2. The molecule has 0 spiro atoms. The van der Waals surface area contributed by atoms with Crippen LogP contribution in [0.1, 0.15) is 32.6 Å². The number of hydrogen-bond donors (Lipinski definition) is 3. The first-order chi connectivity index (χ1) is 10.5. The highest BCUT2D eigenvalue weighted by Crippen LogP contribution is 2.35. The molecule has 6 heteroatoms. The van der Waals surface area contributed by atoms with Crippen LogP contribution in [-0.2, 0) is 0 Å². The van der Waals surface area contributed by atoms with Crippen molar-refractivity contribution in [1.29, 1.82) is 0 Å². The van der Waals surface area contributed by atoms with Crippen molar-refractivity contribution < 1.29 is 13.2 Å². The lowest BCUT2D eigenvalue weighted by Gasteiger charge is -2.43. The van der Waals surface area contributed by atoms with Crippen LogP contribution in [0.4, 0.5) is 13.2 Å². The molecule has 0 aromatic rings. The molecule has 3 N–H and O–H groups in total. The predicted octanol–water partition coefficient (Wildman–Crippen LogP) is 1.93. The molecule has 2 aliphatic heterocycles. The van der Waals surface area contributed by atoms with Gasteiger partial charge in [0.25, 0.3) is 0 Å². The van der Waals surface area contributed by atoms with Crippen molar-refractivity contribution in [3.8, 4) is 0 Å². The molecule has 3 nitrogen and oxygen atoms in total. The van der Waals surface area contributed by atoms with E-state index in [2.05, 4.69) is 22.9 Å². The molecule has 1 aliphatic carbocycles. The Morgan fingerprint density at radius 3 is 2.05 bits per heavy atom. The molecule has 0 bridgehead atoms. The summed E-state index contributed by atoms with van der Waals surface area (Å²) in [6.07, 6.45) is -2.15. The Labute approximate surface area is 130 Å². The van der Waals surface area contributed by atoms with Gasteiger partial charge in [0.2, 0.25) is 0 Å². The normalized spacial score (nSPS) is 50.7. The third kappa shape index (κ3) is 3.60. The molecule has 2 heterocycles. The molecule has 0 amide bonds. The highest BCUT2D eigenvalue weighted by atomic mass is 19.2. The standard InChI is InChI=1S/C16H28F3N3/c1-9-6-21-16(22-7-9)11-5-14(19)15(20-8-11)10-2-3-12(17)13(18)4-10/h9-16,20-22H,2-8H2,1H3. The maximum atomic E-state index is 14.6. The Balaban J connectivity index is 1.52. The number of hydrogen-bond acceptors (Lipinski definition) is 3. The first-order valence-electron chi connectivity index (χ1n) is 8.67. The van der Waals surface area contributed by atoms with Gasteiger partial charge in [0.05, 0.1) is 6.17 Å². The number of piperidine rings is 1. The van der Waals surface area contributed by atoms with Crippen LogP contribution in [0.2, 0.25) is 0 Å². The van der Waals surface area contributed by atoms with Crippen LogP contribution in [0.15, 0.2) is 0 Å². The quantitative estimate of drug-likeness (QED) is 0.728. The molecule has 6 unspecified atom stereocenters. The molecule has 1 saturated carbocycles. The first kappa shape index (κ1) is 16.5. The maximum Gasteiger partial charge on any atom is 0.131 e. The molecule has 0 aromatic heterocycles. The van der Waals surface area contributed by atoms with E-state index in [1.54, 1.807) is 0 Å². The highest BCUT2D eigenvalue weighted by Gasteiger charge is 2.42. The smallest absolute Gasteiger partial charge is 0.131 e. The lowest BCUT2D eigenvalue weighted by Crippen LogP contribution is -2.62. The van der Waals surface area contributed by atoms with Crippen molar-refractivity contribution in [2.75, 3.05) is 19.6 Å². The van der Waals surface area contributed by atoms with Crippen molar-refractivity contribution in [1.82, 2.24) is 16.0 Å². The fraction of sp³-hybridized carbons (Fsp3) is 1.00. The largest absolute Gasteiger partial charge is 0.311 e. The Bertz CT molecular complexity index is 363. The summed E-state index contributed by atoms with van der Waals surface area (Å²) in [5.41, 5.74) is 0. The van der Waals surface area contributed by atoms with Crippen molar-refractivity contribution in [2.24, 2.45) is 17.8 Å². The van der Waals surface area contributed by atoms with E-state index in [0.717, 1.165) is 19.6 Å². The van der Waals surface area contributed by atoms with Crippen LogP contribution in [0.25, 0.3) is 0 Å². The molecular formula is C16H28F3N3. The summed E-state index contributed by atoms with van der Waals surface area (Å²) in [5.74, 6) is 0.724. The minimum absolute atomic E-state index is 0.0785. The van der Waals surface area contributed by atoms with Crippen LogP contribution in [0.3, 0.4) is 0 Å². The van der Waals surface area contributed by atoms with Crippen LogP contribution in [0, 0.1) is 17.8 Å². The van der Waals surface area contributed by atoms with E-state index >= 15 is 0 Å². The zero-order chi connectivity index (χ0) is 15.7. The molecule has 3 aliphatic rings. The zero-order valence-electron chi connectivity index (χ0n) is 13.2. The maximum absolute atomic E-state index is 14.6. The summed E-state index contributed by atoms with van der Waals surface area (Å²) < 4.78 is 41.4. The first-order valence-corrected chi connectivity index (χ1v) is 8.67. The Morgan fingerprint density at radius 2 is 1.41 bits per heavy atom. The second-order valence-corrected chi connectivity index (χ2v) is 7.45. The van der Waals surface area contributed by atoms with Gasteiger partial charge in [-0.3, -0.25) is 0 Å². The molecule has 3 fully saturated rings. The van der Waals surface area contributed by atoms with Crippen molar-refractivity contribution in [3.05, 3.63) is 0 Å². The van der Waals surface area contributed by atoms with Crippen LogP contribution in [-0.4, -0.2) is 50.4 Å². The van der Waals surface area contributed by atoms with Gasteiger partial charge < -0.3 is 16.0 Å². The molecule has 2 saturated heterocycles. The summed E-state index contributed by atoms with van der Waals surface area (Å²) in [7, 11) is 0. The van der Waals surface area contributed by atoms with E-state index in [4.69, 9.17) is 0 Å². The third-order valence-corrected chi connectivity index (χ3v) is 5.62. The van der Waals surface area contributed by atoms with Crippen LogP contribution >= 0.6 is 0 Å². The summed E-state index contributed by atoms with van der Waals surface area (Å²) in [4.78, 5) is 0. The van der Waals surface area contributed by atoms with Crippen molar-refractivity contribution >= 4 is 0 Å². The van der Waals surface area contributed by atoms with Crippen molar-refractivity contribution in [3.63, 3.8) is 0 Å². The second-order valence-electron chi connectivity index (χ2n) is 7.45. The number of halogens is 3. The van der Waals surface area contributed by atoms with Crippen molar-refractivity contribution in [2.45, 2.75) is 63.3 Å². The molecule has 0 radical (unpaired) electrons. The molecule has 3 rings (SSSR count). The Morgan fingerprint density at radius 1 is 0.727 bits per heavy atom. The van der Waals surface area contributed by atoms with E-state index in [1.165, 1.54) is 0 Å². The van der Waals surface area contributed by atoms with E-state index in [0.29, 0.717) is 18.8 Å². The van der Waals surface area contributed by atoms with Gasteiger partial charge in [-0.2, -0.15) is 0 Å².